The van der Waals surface area contributed by atoms with Gasteiger partial charge in [0.05, 0.1) is 122 Å². The monoisotopic (exact) mass is 1360 g/mol. The number of allylic oxidation sites excluding steroid dienone is 2. The lowest BCUT2D eigenvalue weighted by Gasteiger charge is -2.38. The SMILES string of the molecule is CO[C@H]1C[C@H](CC[C@H](C)[C@H](O)[C@H](C)[C@H]2OC(=O)/C=C\C(C)=C\C[C@H](O)C[C@@H]3C=CC[C@@H](C[C@H](OC)[C@@H](C)[C@@H](O)C[C@@H](O)[C@H](C)[C@@H]([C@@H](C)[C@@H](O)[C@@H](C)CC[C@H]4C[C@H](OC)C[C@H](C)O4)OC(=O)/C(C)=C/C[C@H](O)C[C@@H]4C=CC[C@@H](C[C@H](OC)[C@@H](C)[C@@H](O)C[C@@H](O)[C@@H]2C)O4)O3)O[C@@H](C)C1. The third kappa shape index (κ3) is 26.7. The minimum Gasteiger partial charge on any atom is -0.458 e. The van der Waals surface area contributed by atoms with E-state index in [0.717, 1.165) is 25.7 Å². The zero-order valence-electron chi connectivity index (χ0n) is 61.1. The van der Waals surface area contributed by atoms with Gasteiger partial charge >= 0.3 is 11.9 Å². The highest BCUT2D eigenvalue weighted by molar-refractivity contribution is 5.87. The van der Waals surface area contributed by atoms with Crippen molar-refractivity contribution in [3.63, 3.8) is 0 Å². The van der Waals surface area contributed by atoms with Gasteiger partial charge in [0.15, 0.2) is 0 Å². The van der Waals surface area contributed by atoms with E-state index in [1.54, 1.807) is 61.4 Å². The van der Waals surface area contributed by atoms with Crippen molar-refractivity contribution in [1.82, 2.24) is 0 Å². The van der Waals surface area contributed by atoms with Crippen LogP contribution in [0.3, 0.4) is 0 Å². The van der Waals surface area contributed by atoms with Crippen LogP contribution in [0.2, 0.25) is 0 Å². The molecule has 0 aromatic carbocycles. The van der Waals surface area contributed by atoms with E-state index in [-0.39, 0.29) is 105 Å². The average Bonchev–Trinajstić information content (AvgIpc) is 0.856. The van der Waals surface area contributed by atoms with Gasteiger partial charge in [-0.25, -0.2) is 9.59 Å². The fraction of sp³-hybridized carbons (Fsp3) is 0.842. The van der Waals surface area contributed by atoms with Crippen molar-refractivity contribution >= 4 is 11.9 Å². The molecule has 20 nitrogen and oxygen atoms in total. The van der Waals surface area contributed by atoms with Gasteiger partial charge < -0.3 is 88.2 Å². The Bertz CT molecular complexity index is 2400. The molecule has 5 aliphatic heterocycles. The number of aliphatic hydroxyl groups excluding tert-OH is 8. The van der Waals surface area contributed by atoms with Gasteiger partial charge in [-0.1, -0.05) is 103 Å². The number of ether oxygens (including phenoxy) is 10. The normalized spacial score (nSPS) is 41.2. The van der Waals surface area contributed by atoms with E-state index in [1.807, 2.05) is 92.7 Å². The number of hydrogen-bond acceptors (Lipinski definition) is 20. The number of carbonyl (C=O) groups is 2. The highest BCUT2D eigenvalue weighted by Gasteiger charge is 2.43. The summed E-state index contributed by atoms with van der Waals surface area (Å²) in [5.41, 5.74) is 0.927. The van der Waals surface area contributed by atoms with E-state index in [1.165, 1.54) is 6.08 Å². The third-order valence-electron chi connectivity index (χ3n) is 22.1. The van der Waals surface area contributed by atoms with Gasteiger partial charge in [-0.3, -0.25) is 0 Å². The summed E-state index contributed by atoms with van der Waals surface area (Å²) >= 11 is 0. The van der Waals surface area contributed by atoms with Crippen LogP contribution in [-0.4, -0.2) is 216 Å². The Balaban J connectivity index is 1.37. The molecule has 30 atom stereocenters. The molecule has 96 heavy (non-hydrogen) atoms. The number of aliphatic hydroxyl groups is 8. The van der Waals surface area contributed by atoms with Crippen LogP contribution in [0.1, 0.15) is 199 Å². The number of cyclic esters (lactones) is 2. The molecular formula is C76H130O20. The smallest absolute Gasteiger partial charge is 0.333 e. The van der Waals surface area contributed by atoms with Gasteiger partial charge in [0.1, 0.15) is 12.2 Å². The zero-order chi connectivity index (χ0) is 71.1. The maximum absolute atomic E-state index is 14.2. The molecule has 8 N–H and O–H groups in total. The minimum absolute atomic E-state index is 0.0306. The van der Waals surface area contributed by atoms with Gasteiger partial charge in [-0.2, -0.15) is 0 Å². The Morgan fingerprint density at radius 1 is 0.479 bits per heavy atom. The van der Waals surface area contributed by atoms with Crippen molar-refractivity contribution in [2.24, 2.45) is 47.3 Å². The van der Waals surface area contributed by atoms with Crippen LogP contribution in [0.15, 0.2) is 59.8 Å². The molecule has 5 rings (SSSR count). The van der Waals surface area contributed by atoms with Crippen molar-refractivity contribution in [2.75, 3.05) is 28.4 Å². The molecular weight excluding hydrogens is 1230 g/mol. The Morgan fingerprint density at radius 3 is 1.30 bits per heavy atom. The van der Waals surface area contributed by atoms with Crippen molar-refractivity contribution < 1.29 is 97.8 Å². The molecule has 5 heterocycles. The number of rotatable bonds is 16. The summed E-state index contributed by atoms with van der Waals surface area (Å²) in [7, 11) is 6.57. The summed E-state index contributed by atoms with van der Waals surface area (Å²) < 4.78 is 61.4. The summed E-state index contributed by atoms with van der Waals surface area (Å²) in [4.78, 5) is 28.1. The van der Waals surface area contributed by atoms with Crippen molar-refractivity contribution in [3.8, 4) is 0 Å². The second-order valence-corrected chi connectivity index (χ2v) is 29.9. The quantitative estimate of drug-likeness (QED) is 0.0527. The number of esters is 2. The Morgan fingerprint density at radius 2 is 0.885 bits per heavy atom. The summed E-state index contributed by atoms with van der Waals surface area (Å²) in [6, 6.07) is 0. The number of carbonyl (C=O) groups excluding carboxylic acids is 2. The molecule has 0 unspecified atom stereocenters. The topological polar surface area (TPSA) is 288 Å². The molecule has 0 aromatic rings. The molecule has 5 aliphatic rings. The van der Waals surface area contributed by atoms with Crippen LogP contribution in [0.4, 0.5) is 0 Å². The Kier molecular flexibility index (Phi) is 36.4. The summed E-state index contributed by atoms with van der Waals surface area (Å²) in [6.07, 6.45) is 10.3. The summed E-state index contributed by atoms with van der Waals surface area (Å²) in [6.45, 7) is 22.3. The molecule has 4 bridgehead atoms. The van der Waals surface area contributed by atoms with Crippen molar-refractivity contribution in [2.45, 2.75) is 333 Å². The lowest BCUT2D eigenvalue weighted by Crippen LogP contribution is -2.46. The first-order chi connectivity index (χ1) is 45.4. The Labute approximate surface area is 575 Å². The lowest BCUT2D eigenvalue weighted by atomic mass is 9.78. The van der Waals surface area contributed by atoms with Crippen LogP contribution in [0.5, 0.6) is 0 Å². The van der Waals surface area contributed by atoms with Crippen molar-refractivity contribution in [1.29, 1.82) is 0 Å². The highest BCUT2D eigenvalue weighted by Crippen LogP contribution is 2.37. The molecule has 0 spiro atoms. The number of hydrogen-bond donors (Lipinski definition) is 8. The summed E-state index contributed by atoms with van der Waals surface area (Å²) in [5.74, 6) is -5.57. The van der Waals surface area contributed by atoms with Gasteiger partial charge in [0.2, 0.25) is 0 Å². The van der Waals surface area contributed by atoms with Gasteiger partial charge in [0, 0.05) is 101 Å². The maximum atomic E-state index is 14.2. The summed E-state index contributed by atoms with van der Waals surface area (Å²) in [5, 5.41) is 94.6. The third-order valence-corrected chi connectivity index (χ3v) is 22.1. The zero-order valence-corrected chi connectivity index (χ0v) is 61.1. The molecule has 0 saturated carbocycles. The molecule has 0 aliphatic carbocycles. The van der Waals surface area contributed by atoms with Gasteiger partial charge in [-0.15, -0.1) is 0 Å². The first-order valence-corrected chi connectivity index (χ1v) is 36.4. The maximum Gasteiger partial charge on any atom is 0.333 e. The molecule has 2 saturated heterocycles. The first kappa shape index (κ1) is 83.7. The largest absolute Gasteiger partial charge is 0.458 e. The second kappa shape index (κ2) is 41.8. The van der Waals surface area contributed by atoms with E-state index in [9.17, 15) is 50.4 Å². The molecule has 20 heteroatoms. The van der Waals surface area contributed by atoms with E-state index >= 15 is 0 Å². The Hall–Kier alpha value is -3.00. The number of fused-ring (bicyclic) bond motifs is 4. The fourth-order valence-electron chi connectivity index (χ4n) is 15.2. The molecule has 0 amide bonds. The van der Waals surface area contributed by atoms with E-state index < -0.39 is 133 Å². The van der Waals surface area contributed by atoms with Crippen LogP contribution in [0.25, 0.3) is 0 Å². The van der Waals surface area contributed by atoms with Crippen LogP contribution >= 0.6 is 0 Å². The van der Waals surface area contributed by atoms with E-state index in [0.29, 0.717) is 56.9 Å². The standard InChI is InChI=1S/C76H130O20/c1-43-23-28-55(77)35-57-19-17-21-59(93-57)39-70(90-16)50(8)66(80)42-68(82)52(10)75(54(12)73(85)45(3)27-31-62-38-64(88-14)34-48(6)92-62)96-76(86)46(4)25-29-56(78)36-58-20-18-22-60(94-58)40-69(89-15)49(7)65(79)41-67(81)51(9)74(95-71(83)32-24-43)53(11)72(84)44(2)26-30-61-37-63(87-13)33-47(5)91-61/h17-20,23-25,32,44-45,47-70,72-75,77-82,84-85H,21-22,26-31,33-42H2,1-16H3/b32-24-,43-23+,46-25+/t44-,45-,47-,48-,49-,50-,51-,52-,53-,54-,55-,56-,57-,58-,59-,60-,61-,62-,63+,64+,65-,66-,67+,68+,69-,70-,72-,73-,74-,75-/m0/s1. The molecule has 2 fully saturated rings. The van der Waals surface area contributed by atoms with Gasteiger partial charge in [-0.05, 0) is 129 Å². The predicted molar refractivity (Wildman–Crippen MR) is 368 cm³/mol. The lowest BCUT2D eigenvalue weighted by molar-refractivity contribution is -0.159. The van der Waals surface area contributed by atoms with Crippen molar-refractivity contribution in [3.05, 3.63) is 59.8 Å². The van der Waals surface area contributed by atoms with Crippen LogP contribution < -0.4 is 0 Å². The first-order valence-electron chi connectivity index (χ1n) is 36.4. The van der Waals surface area contributed by atoms with Crippen LogP contribution in [0, 0.1) is 47.3 Å². The van der Waals surface area contributed by atoms with Gasteiger partial charge in [0.25, 0.3) is 0 Å². The molecule has 554 valence electrons. The second-order valence-electron chi connectivity index (χ2n) is 29.9. The highest BCUT2D eigenvalue weighted by atomic mass is 16.6. The van der Waals surface area contributed by atoms with E-state index in [4.69, 9.17) is 47.4 Å². The van der Waals surface area contributed by atoms with Crippen LogP contribution in [-0.2, 0) is 57.0 Å². The predicted octanol–water partition coefficient (Wildman–Crippen LogP) is 9.55. The molecule has 0 aromatic heterocycles. The number of methoxy groups -OCH3 is 4. The minimum atomic E-state index is -1.18. The average molecular weight is 1360 g/mol. The molecule has 0 radical (unpaired) electrons. The van der Waals surface area contributed by atoms with E-state index in [2.05, 4.69) is 0 Å². The fourth-order valence-corrected chi connectivity index (χ4v) is 15.2.